The van der Waals surface area contributed by atoms with Crippen LogP contribution in [-0.4, -0.2) is 21.9 Å². The highest BCUT2D eigenvalue weighted by molar-refractivity contribution is 7.71. The summed E-state index contributed by atoms with van der Waals surface area (Å²) in [4.78, 5) is 12.2. The number of aromatic amines is 1. The molecule has 0 spiro atoms. The van der Waals surface area contributed by atoms with Crippen LogP contribution in [0.3, 0.4) is 0 Å². The minimum absolute atomic E-state index is 0.166. The van der Waals surface area contributed by atoms with Gasteiger partial charge in [0.05, 0.1) is 0 Å². The molecule has 1 aromatic heterocycles. The van der Waals surface area contributed by atoms with Crippen LogP contribution in [0.15, 0.2) is 34.7 Å². The van der Waals surface area contributed by atoms with Crippen LogP contribution in [0.25, 0.3) is 0 Å². The topological polar surface area (TPSA) is 80.1 Å². The maximum atomic E-state index is 12.0. The second-order valence-corrected chi connectivity index (χ2v) is 6.21. The SMILES string of the molecule is CC(C)(C)OC(=O)N[C@@H](Cc1ccccc1)c1n[nH]c(=S)o1. The van der Waals surface area contributed by atoms with Crippen molar-refractivity contribution >= 4 is 18.3 Å². The molecule has 118 valence electrons. The molecule has 0 bridgehead atoms. The van der Waals surface area contributed by atoms with Gasteiger partial charge in [-0.2, -0.15) is 0 Å². The van der Waals surface area contributed by atoms with Crippen LogP contribution in [0.2, 0.25) is 0 Å². The van der Waals surface area contributed by atoms with E-state index in [0.29, 0.717) is 12.3 Å². The Morgan fingerprint density at radius 3 is 2.64 bits per heavy atom. The number of nitrogens with zero attached hydrogens (tertiary/aromatic N) is 1. The van der Waals surface area contributed by atoms with Crippen molar-refractivity contribution in [2.24, 2.45) is 0 Å². The average Bonchev–Trinajstić information content (AvgIpc) is 2.84. The molecule has 0 fully saturated rings. The van der Waals surface area contributed by atoms with Gasteiger partial charge >= 0.3 is 6.09 Å². The van der Waals surface area contributed by atoms with Crippen LogP contribution in [0.5, 0.6) is 0 Å². The van der Waals surface area contributed by atoms with Gasteiger partial charge < -0.3 is 14.5 Å². The molecule has 0 saturated carbocycles. The van der Waals surface area contributed by atoms with E-state index < -0.39 is 17.7 Å². The quantitative estimate of drug-likeness (QED) is 0.842. The second-order valence-electron chi connectivity index (χ2n) is 5.84. The molecule has 6 nitrogen and oxygen atoms in total. The van der Waals surface area contributed by atoms with Crippen LogP contribution in [0.1, 0.15) is 38.3 Å². The highest BCUT2D eigenvalue weighted by Gasteiger charge is 2.23. The Bertz CT molecular complexity index is 673. The summed E-state index contributed by atoms with van der Waals surface area (Å²) in [7, 11) is 0. The molecule has 2 aromatic rings. The summed E-state index contributed by atoms with van der Waals surface area (Å²) in [6.07, 6.45) is -0.0130. The first-order chi connectivity index (χ1) is 10.3. The minimum atomic E-state index is -0.576. The molecule has 0 saturated heterocycles. The summed E-state index contributed by atoms with van der Waals surface area (Å²) in [5.41, 5.74) is 0.459. The van der Waals surface area contributed by atoms with Crippen LogP contribution in [0.4, 0.5) is 4.79 Å². The van der Waals surface area contributed by atoms with Crippen LogP contribution in [0, 0.1) is 4.84 Å². The van der Waals surface area contributed by atoms with E-state index in [0.717, 1.165) is 5.56 Å². The molecule has 0 aliphatic carbocycles. The predicted molar refractivity (Wildman–Crippen MR) is 83.9 cm³/mol. The zero-order chi connectivity index (χ0) is 16.2. The van der Waals surface area contributed by atoms with Gasteiger partial charge in [0.15, 0.2) is 0 Å². The standard InChI is InChI=1S/C15H19N3O3S/c1-15(2,3)21-13(19)16-11(12-17-18-14(22)20-12)9-10-7-5-4-6-8-10/h4-8,11H,9H2,1-3H3,(H,16,19)(H,18,22)/t11-/m0/s1. The van der Waals surface area contributed by atoms with Gasteiger partial charge in [0.25, 0.3) is 4.84 Å². The number of hydrogen-bond donors (Lipinski definition) is 2. The number of H-pyrrole nitrogens is 1. The third-order valence-electron chi connectivity index (χ3n) is 2.73. The summed E-state index contributed by atoms with van der Waals surface area (Å²) in [6, 6.07) is 9.25. The summed E-state index contributed by atoms with van der Waals surface area (Å²) < 4.78 is 10.6. The van der Waals surface area contributed by atoms with Crippen LogP contribution >= 0.6 is 12.2 Å². The summed E-state index contributed by atoms with van der Waals surface area (Å²) in [6.45, 7) is 5.41. The van der Waals surface area contributed by atoms with Crippen molar-refractivity contribution in [3.63, 3.8) is 0 Å². The smallest absolute Gasteiger partial charge is 0.408 e. The average molecular weight is 321 g/mol. The Balaban J connectivity index is 2.15. The first-order valence-electron chi connectivity index (χ1n) is 6.92. The van der Waals surface area contributed by atoms with Crippen LogP contribution in [-0.2, 0) is 11.2 Å². The van der Waals surface area contributed by atoms with Crippen molar-refractivity contribution in [1.82, 2.24) is 15.5 Å². The van der Waals surface area contributed by atoms with Crippen molar-refractivity contribution in [2.45, 2.75) is 38.8 Å². The van der Waals surface area contributed by atoms with E-state index in [1.807, 2.05) is 30.3 Å². The van der Waals surface area contributed by atoms with Gasteiger partial charge in [0.2, 0.25) is 5.89 Å². The molecule has 1 amide bonds. The maximum absolute atomic E-state index is 12.0. The summed E-state index contributed by atoms with van der Waals surface area (Å²) in [5.74, 6) is 0.319. The fraction of sp³-hybridized carbons (Fsp3) is 0.400. The molecule has 0 aliphatic heterocycles. The zero-order valence-electron chi connectivity index (χ0n) is 12.8. The molecular weight excluding hydrogens is 302 g/mol. The monoisotopic (exact) mass is 321 g/mol. The van der Waals surface area contributed by atoms with Gasteiger partial charge in [-0.1, -0.05) is 30.3 Å². The Kier molecular flexibility index (Phi) is 4.97. The van der Waals surface area contributed by atoms with E-state index in [2.05, 4.69) is 15.5 Å². The molecule has 7 heteroatoms. The van der Waals surface area contributed by atoms with Crippen molar-refractivity contribution in [3.8, 4) is 0 Å². The fourth-order valence-electron chi connectivity index (χ4n) is 1.89. The molecule has 0 unspecified atom stereocenters. The van der Waals surface area contributed by atoms with Crippen molar-refractivity contribution in [2.75, 3.05) is 0 Å². The first-order valence-corrected chi connectivity index (χ1v) is 7.33. The van der Waals surface area contributed by atoms with Crippen molar-refractivity contribution in [3.05, 3.63) is 46.6 Å². The van der Waals surface area contributed by atoms with E-state index in [-0.39, 0.29) is 4.84 Å². The van der Waals surface area contributed by atoms with Crippen molar-refractivity contribution < 1.29 is 13.9 Å². The van der Waals surface area contributed by atoms with Crippen molar-refractivity contribution in [1.29, 1.82) is 0 Å². The lowest BCUT2D eigenvalue weighted by atomic mass is 10.1. The Morgan fingerprint density at radius 1 is 1.41 bits per heavy atom. The van der Waals surface area contributed by atoms with Gasteiger partial charge in [-0.3, -0.25) is 0 Å². The van der Waals surface area contributed by atoms with Gasteiger partial charge in [-0.25, -0.2) is 9.89 Å². The second kappa shape index (κ2) is 6.74. The predicted octanol–water partition coefficient (Wildman–Crippen LogP) is 3.54. The minimum Gasteiger partial charge on any atom is -0.444 e. The molecule has 1 heterocycles. The number of amides is 1. The van der Waals surface area contributed by atoms with Gasteiger partial charge in [-0.05, 0) is 38.6 Å². The lowest BCUT2D eigenvalue weighted by Crippen LogP contribution is -2.36. The Hall–Kier alpha value is -2.15. The number of carbonyl (C=O) groups excluding carboxylic acids is 1. The lowest BCUT2D eigenvalue weighted by Gasteiger charge is -2.22. The Morgan fingerprint density at radius 2 is 2.09 bits per heavy atom. The van der Waals surface area contributed by atoms with E-state index in [9.17, 15) is 4.79 Å². The lowest BCUT2D eigenvalue weighted by molar-refractivity contribution is 0.0495. The first kappa shape index (κ1) is 16.2. The van der Waals surface area contributed by atoms with E-state index in [1.54, 1.807) is 20.8 Å². The number of carbonyl (C=O) groups is 1. The highest BCUT2D eigenvalue weighted by atomic mass is 32.1. The number of nitrogens with one attached hydrogen (secondary N) is 2. The van der Waals surface area contributed by atoms with E-state index in [1.165, 1.54) is 0 Å². The van der Waals surface area contributed by atoms with E-state index >= 15 is 0 Å². The molecule has 2 rings (SSSR count). The number of aromatic nitrogens is 2. The Labute approximate surface area is 133 Å². The largest absolute Gasteiger partial charge is 0.444 e. The number of hydrogen-bond acceptors (Lipinski definition) is 5. The fourth-order valence-corrected chi connectivity index (χ4v) is 2.02. The van der Waals surface area contributed by atoms with Gasteiger partial charge in [0, 0.05) is 6.42 Å². The van der Waals surface area contributed by atoms with Gasteiger partial charge in [0.1, 0.15) is 11.6 Å². The third kappa shape index (κ3) is 5.00. The number of ether oxygens (including phenoxy) is 1. The molecular formula is C15H19N3O3S. The normalized spacial score (nSPS) is 12.7. The zero-order valence-corrected chi connectivity index (χ0v) is 13.6. The number of alkyl carbamates (subject to hydrolysis) is 1. The third-order valence-corrected chi connectivity index (χ3v) is 2.90. The number of benzene rings is 1. The maximum Gasteiger partial charge on any atom is 0.408 e. The molecule has 0 aliphatic rings. The molecule has 2 N–H and O–H groups in total. The van der Waals surface area contributed by atoms with Crippen LogP contribution < -0.4 is 5.32 Å². The highest BCUT2D eigenvalue weighted by Crippen LogP contribution is 2.18. The summed E-state index contributed by atoms with van der Waals surface area (Å²) >= 11 is 4.89. The molecule has 1 atom stereocenters. The van der Waals surface area contributed by atoms with E-state index in [4.69, 9.17) is 21.4 Å². The summed E-state index contributed by atoms with van der Waals surface area (Å²) in [5, 5.41) is 9.33. The van der Waals surface area contributed by atoms with Gasteiger partial charge in [-0.15, -0.1) is 5.10 Å². The number of rotatable bonds is 4. The molecule has 22 heavy (non-hydrogen) atoms. The molecule has 0 radical (unpaired) electrons. The molecule has 1 aromatic carbocycles.